The second-order valence-electron chi connectivity index (χ2n) is 2.27. The minimum atomic E-state index is -0.582. The summed E-state index contributed by atoms with van der Waals surface area (Å²) in [6.07, 6.45) is 0. The van der Waals surface area contributed by atoms with Gasteiger partial charge < -0.3 is 10.1 Å². The monoisotopic (exact) mass is 189 g/mol. The zero-order valence-electron chi connectivity index (χ0n) is 6.74. The second-order valence-corrected chi connectivity index (χ2v) is 2.63. The van der Waals surface area contributed by atoms with Gasteiger partial charge in [0.05, 0.1) is 0 Å². The van der Waals surface area contributed by atoms with Crippen molar-refractivity contribution in [2.24, 2.45) is 0 Å². The number of rotatable bonds is 2. The van der Waals surface area contributed by atoms with E-state index in [-0.39, 0.29) is 11.0 Å². The van der Waals surface area contributed by atoms with Crippen molar-refractivity contribution >= 4 is 17.4 Å². The molecule has 0 unspecified atom stereocenters. The molecule has 0 bridgehead atoms. The molecule has 1 aromatic heterocycles. The topological polar surface area (TPSA) is 61.0 Å². The maximum atomic E-state index is 10.3. The maximum Gasteiger partial charge on any atom is 0.401 e. The van der Waals surface area contributed by atoms with Gasteiger partial charge in [0.2, 0.25) is 11.0 Å². The van der Waals surface area contributed by atoms with Crippen LogP contribution < -0.4 is 0 Å². The lowest BCUT2D eigenvalue weighted by Crippen LogP contribution is -1.96. The molecule has 0 aliphatic heterocycles. The Labute approximate surface area is 74.1 Å². The van der Waals surface area contributed by atoms with Gasteiger partial charge in [-0.15, -0.1) is 0 Å². The molecule has 1 rings (SSSR count). The van der Waals surface area contributed by atoms with Crippen LogP contribution in [0.5, 0.6) is 0 Å². The summed E-state index contributed by atoms with van der Waals surface area (Å²) in [6, 6.07) is 0. The smallest absolute Gasteiger partial charge is 0.358 e. The molecule has 0 saturated carbocycles. The number of aryl methyl sites for hydroxylation is 1. The molecule has 0 aromatic carbocycles. The lowest BCUT2D eigenvalue weighted by Gasteiger charge is -1.96. The zero-order valence-corrected chi connectivity index (χ0v) is 7.50. The second kappa shape index (κ2) is 3.10. The number of halogens is 1. The Morgan fingerprint density at radius 2 is 2.33 bits per heavy atom. The summed E-state index contributed by atoms with van der Waals surface area (Å²) >= 11 is 5.68. The van der Waals surface area contributed by atoms with Crippen molar-refractivity contribution in [2.45, 2.75) is 20.4 Å². The van der Waals surface area contributed by atoms with E-state index in [1.807, 2.05) is 6.92 Å². The van der Waals surface area contributed by atoms with E-state index in [0.29, 0.717) is 12.4 Å². The predicted octanol–water partition coefficient (Wildman–Crippen LogP) is 1.77. The first-order chi connectivity index (χ1) is 5.57. The van der Waals surface area contributed by atoms with Gasteiger partial charge in [-0.05, 0) is 16.8 Å². The number of hydrogen-bond acceptors (Lipinski definition) is 3. The number of imidazole rings is 1. The van der Waals surface area contributed by atoms with Gasteiger partial charge in [-0.25, -0.2) is 0 Å². The molecule has 0 aliphatic carbocycles. The van der Waals surface area contributed by atoms with Gasteiger partial charge in [0.15, 0.2) is 0 Å². The average Bonchev–Trinajstić information content (AvgIpc) is 2.27. The SMILES string of the molecule is CCn1c(C)nc([N+](=O)[O-])c1Cl. The summed E-state index contributed by atoms with van der Waals surface area (Å²) in [6.45, 7) is 4.12. The van der Waals surface area contributed by atoms with Gasteiger partial charge in [-0.3, -0.25) is 4.57 Å². The highest BCUT2D eigenvalue weighted by molar-refractivity contribution is 6.31. The van der Waals surface area contributed by atoms with Crippen LogP contribution in [-0.2, 0) is 6.54 Å². The predicted molar refractivity (Wildman–Crippen MR) is 44.3 cm³/mol. The van der Waals surface area contributed by atoms with Gasteiger partial charge >= 0.3 is 5.82 Å². The lowest BCUT2D eigenvalue weighted by atomic mass is 10.6. The van der Waals surface area contributed by atoms with Crippen molar-refractivity contribution in [2.75, 3.05) is 0 Å². The van der Waals surface area contributed by atoms with Gasteiger partial charge in [0, 0.05) is 13.5 Å². The van der Waals surface area contributed by atoms with Crippen LogP contribution in [0.25, 0.3) is 0 Å². The van der Waals surface area contributed by atoms with Crippen LogP contribution in [0.1, 0.15) is 12.7 Å². The Balaban J connectivity index is 3.26. The minimum absolute atomic E-state index is 0.0972. The summed E-state index contributed by atoms with van der Waals surface area (Å²) in [5.41, 5.74) is 0. The molecule has 1 aromatic rings. The van der Waals surface area contributed by atoms with Crippen LogP contribution in [-0.4, -0.2) is 14.5 Å². The highest BCUT2D eigenvalue weighted by Crippen LogP contribution is 2.23. The molecule has 5 nitrogen and oxygen atoms in total. The van der Waals surface area contributed by atoms with Crippen LogP contribution in [0.2, 0.25) is 5.15 Å². The largest absolute Gasteiger partial charge is 0.401 e. The van der Waals surface area contributed by atoms with Gasteiger partial charge in [0.25, 0.3) is 0 Å². The molecular formula is C6H8ClN3O2. The molecule has 0 radical (unpaired) electrons. The van der Waals surface area contributed by atoms with Crippen molar-refractivity contribution in [1.82, 2.24) is 9.55 Å². The Morgan fingerprint density at radius 3 is 2.58 bits per heavy atom. The van der Waals surface area contributed by atoms with Crippen molar-refractivity contribution in [1.29, 1.82) is 0 Å². The van der Waals surface area contributed by atoms with Gasteiger partial charge in [0.1, 0.15) is 0 Å². The molecule has 0 amide bonds. The van der Waals surface area contributed by atoms with Crippen LogP contribution in [0.3, 0.4) is 0 Å². The first-order valence-corrected chi connectivity index (χ1v) is 3.82. The number of nitro groups is 1. The molecule has 0 N–H and O–H groups in total. The highest BCUT2D eigenvalue weighted by atomic mass is 35.5. The summed E-state index contributed by atoms with van der Waals surface area (Å²) in [7, 11) is 0. The summed E-state index contributed by atoms with van der Waals surface area (Å²) in [5.74, 6) is 0.296. The molecule has 6 heteroatoms. The average molecular weight is 190 g/mol. The van der Waals surface area contributed by atoms with Crippen molar-refractivity contribution in [3.05, 3.63) is 21.1 Å². The summed E-state index contributed by atoms with van der Waals surface area (Å²) in [4.78, 5) is 13.5. The molecule has 0 spiro atoms. The Hall–Kier alpha value is -1.10. The first kappa shape index (κ1) is 8.99. The van der Waals surface area contributed by atoms with E-state index in [1.54, 1.807) is 11.5 Å². The fraction of sp³-hybridized carbons (Fsp3) is 0.500. The highest BCUT2D eigenvalue weighted by Gasteiger charge is 2.22. The van der Waals surface area contributed by atoms with Crippen LogP contribution in [0.4, 0.5) is 5.82 Å². The van der Waals surface area contributed by atoms with E-state index >= 15 is 0 Å². The molecule has 1 heterocycles. The quantitative estimate of drug-likeness (QED) is 0.526. The first-order valence-electron chi connectivity index (χ1n) is 3.45. The summed E-state index contributed by atoms with van der Waals surface area (Å²) < 4.78 is 1.58. The molecular weight excluding hydrogens is 182 g/mol. The van der Waals surface area contributed by atoms with E-state index in [9.17, 15) is 10.1 Å². The van der Waals surface area contributed by atoms with E-state index in [2.05, 4.69) is 4.98 Å². The molecule has 0 saturated heterocycles. The van der Waals surface area contributed by atoms with E-state index in [0.717, 1.165) is 0 Å². The van der Waals surface area contributed by atoms with Crippen molar-refractivity contribution in [3.63, 3.8) is 0 Å². The molecule has 0 atom stereocenters. The number of nitrogens with zero attached hydrogens (tertiary/aromatic N) is 3. The number of hydrogen-bond donors (Lipinski definition) is 0. The minimum Gasteiger partial charge on any atom is -0.358 e. The normalized spacial score (nSPS) is 10.2. The van der Waals surface area contributed by atoms with E-state index in [1.165, 1.54) is 0 Å². The van der Waals surface area contributed by atoms with E-state index in [4.69, 9.17) is 11.6 Å². The van der Waals surface area contributed by atoms with Crippen molar-refractivity contribution < 1.29 is 4.92 Å². The van der Waals surface area contributed by atoms with E-state index < -0.39 is 4.92 Å². The standard InChI is InChI=1S/C6H8ClN3O2/c1-3-9-4(2)8-6(5(9)7)10(11)12/h3H2,1-2H3. The Morgan fingerprint density at radius 1 is 1.75 bits per heavy atom. The fourth-order valence-corrected chi connectivity index (χ4v) is 1.36. The third kappa shape index (κ3) is 1.27. The lowest BCUT2D eigenvalue weighted by molar-refractivity contribution is -0.389. The summed E-state index contributed by atoms with van der Waals surface area (Å²) in [5, 5.41) is 10.4. The molecule has 0 fully saturated rings. The van der Waals surface area contributed by atoms with Crippen molar-refractivity contribution in [3.8, 4) is 0 Å². The molecule has 12 heavy (non-hydrogen) atoms. The van der Waals surface area contributed by atoms with Gasteiger partial charge in [-0.2, -0.15) is 0 Å². The fourth-order valence-electron chi connectivity index (χ4n) is 1.01. The molecule has 66 valence electrons. The zero-order chi connectivity index (χ0) is 9.30. The molecule has 0 aliphatic rings. The Bertz CT molecular complexity index is 321. The third-order valence-corrected chi connectivity index (χ3v) is 1.94. The van der Waals surface area contributed by atoms with Crippen LogP contribution >= 0.6 is 11.6 Å². The number of aromatic nitrogens is 2. The third-order valence-electron chi connectivity index (χ3n) is 1.57. The Kier molecular flexibility index (Phi) is 2.32. The van der Waals surface area contributed by atoms with Crippen LogP contribution in [0, 0.1) is 17.0 Å². The maximum absolute atomic E-state index is 10.3. The van der Waals surface area contributed by atoms with Gasteiger partial charge in [-0.1, -0.05) is 11.6 Å². The van der Waals surface area contributed by atoms with Crippen LogP contribution in [0.15, 0.2) is 0 Å².